The lowest BCUT2D eigenvalue weighted by molar-refractivity contribution is 0.0475. The van der Waals surface area contributed by atoms with Crippen LogP contribution in [-0.4, -0.2) is 43.0 Å². The third-order valence-electron chi connectivity index (χ3n) is 3.70. The molecule has 0 saturated heterocycles. The van der Waals surface area contributed by atoms with Gasteiger partial charge < -0.3 is 19.5 Å². The highest BCUT2D eigenvalue weighted by atomic mass is 32.1. The number of carbonyl (C=O) groups excluding carboxylic acids is 2. The monoisotopic (exact) mass is 362 g/mol. The van der Waals surface area contributed by atoms with Crippen molar-refractivity contribution in [1.29, 1.82) is 0 Å². The maximum atomic E-state index is 12.3. The maximum Gasteiger partial charge on any atom is 0.343 e. The second kappa shape index (κ2) is 7.52. The second-order valence-electron chi connectivity index (χ2n) is 5.43. The summed E-state index contributed by atoms with van der Waals surface area (Å²) >= 11 is 1.18. The topological polar surface area (TPSA) is 86.8 Å². The number of ether oxygens (including phenoxy) is 3. The van der Waals surface area contributed by atoms with E-state index >= 15 is 0 Å². The Kier molecular flexibility index (Phi) is 5.18. The van der Waals surface area contributed by atoms with Gasteiger partial charge in [0.1, 0.15) is 10.6 Å². The Hall–Kier alpha value is -2.61. The van der Waals surface area contributed by atoms with Crippen LogP contribution in [-0.2, 0) is 4.74 Å². The molecule has 1 aromatic heterocycles. The Balaban J connectivity index is 1.67. The van der Waals surface area contributed by atoms with Crippen LogP contribution in [0.4, 0.5) is 5.00 Å². The predicted molar refractivity (Wildman–Crippen MR) is 93.1 cm³/mol. The smallest absolute Gasteiger partial charge is 0.343 e. The number of ketones is 1. The number of anilines is 1. The summed E-state index contributed by atoms with van der Waals surface area (Å²) in [6.45, 7) is 2.49. The Morgan fingerprint density at radius 1 is 1.28 bits per heavy atom. The largest absolute Gasteiger partial charge is 0.490 e. The molecule has 0 radical (unpaired) electrons. The Bertz CT molecular complexity index is 802. The Morgan fingerprint density at radius 2 is 2.04 bits per heavy atom. The predicted octanol–water partition coefficient (Wildman–Crippen LogP) is 2.69. The van der Waals surface area contributed by atoms with Gasteiger partial charge in [0.15, 0.2) is 23.9 Å². The van der Waals surface area contributed by atoms with Gasteiger partial charge in [0.25, 0.3) is 0 Å². The lowest BCUT2D eigenvalue weighted by atomic mass is 10.1. The van der Waals surface area contributed by atoms with E-state index in [1.54, 1.807) is 32.2 Å². The number of rotatable bonds is 5. The van der Waals surface area contributed by atoms with Crippen LogP contribution in [0.3, 0.4) is 0 Å². The van der Waals surface area contributed by atoms with E-state index in [0.29, 0.717) is 46.5 Å². The van der Waals surface area contributed by atoms with E-state index in [9.17, 15) is 9.59 Å². The van der Waals surface area contributed by atoms with Crippen LogP contribution in [0.15, 0.2) is 18.2 Å². The zero-order valence-corrected chi connectivity index (χ0v) is 14.8. The highest BCUT2D eigenvalue weighted by Gasteiger charge is 2.21. The number of carbonyl (C=O) groups is 2. The molecular weight excluding hydrogens is 344 g/mol. The first-order valence-corrected chi connectivity index (χ1v) is 8.61. The molecule has 0 spiro atoms. The number of nitrogens with one attached hydrogen (secondary N) is 1. The van der Waals surface area contributed by atoms with Crippen LogP contribution < -0.4 is 14.8 Å². The minimum Gasteiger partial charge on any atom is -0.490 e. The molecule has 3 rings (SSSR count). The van der Waals surface area contributed by atoms with E-state index in [4.69, 9.17) is 14.2 Å². The van der Waals surface area contributed by atoms with Crippen molar-refractivity contribution in [3.05, 3.63) is 35.0 Å². The van der Waals surface area contributed by atoms with Crippen LogP contribution in [0.1, 0.15) is 32.8 Å². The van der Waals surface area contributed by atoms with Crippen molar-refractivity contribution in [2.24, 2.45) is 0 Å². The minimum absolute atomic E-state index is 0.309. The molecule has 1 aliphatic rings. The van der Waals surface area contributed by atoms with Crippen molar-refractivity contribution in [2.75, 3.05) is 32.2 Å². The summed E-state index contributed by atoms with van der Waals surface area (Å²) in [4.78, 5) is 24.6. The van der Waals surface area contributed by atoms with Crippen molar-refractivity contribution in [1.82, 2.24) is 4.37 Å². The van der Waals surface area contributed by atoms with Crippen LogP contribution in [0, 0.1) is 6.92 Å². The first-order valence-electron chi connectivity index (χ1n) is 7.84. The van der Waals surface area contributed by atoms with Gasteiger partial charge >= 0.3 is 5.97 Å². The van der Waals surface area contributed by atoms with E-state index in [1.807, 2.05) is 0 Å². The standard InChI is InChI=1S/C17H18N2O5S/c1-10-15(16(18-2)25-19-10)17(21)24-9-12(20)11-4-5-13-14(8-11)23-7-3-6-22-13/h4-5,8,18H,3,6-7,9H2,1-2H3. The average Bonchev–Trinajstić information content (AvgIpc) is 2.85. The third kappa shape index (κ3) is 3.74. The lowest BCUT2D eigenvalue weighted by Gasteiger charge is -2.09. The number of benzene rings is 1. The number of hydrogen-bond acceptors (Lipinski definition) is 8. The van der Waals surface area contributed by atoms with Gasteiger partial charge in [0.2, 0.25) is 0 Å². The van der Waals surface area contributed by atoms with Crippen molar-refractivity contribution in [3.63, 3.8) is 0 Å². The second-order valence-corrected chi connectivity index (χ2v) is 6.21. The van der Waals surface area contributed by atoms with Gasteiger partial charge in [-0.3, -0.25) is 4.79 Å². The van der Waals surface area contributed by atoms with Crippen molar-refractivity contribution < 1.29 is 23.8 Å². The zero-order valence-electron chi connectivity index (χ0n) is 14.0. The fraction of sp³-hybridized carbons (Fsp3) is 0.353. The molecular formula is C17H18N2O5S. The fourth-order valence-corrected chi connectivity index (χ4v) is 3.14. The van der Waals surface area contributed by atoms with Crippen molar-refractivity contribution in [3.8, 4) is 11.5 Å². The number of fused-ring (bicyclic) bond motifs is 1. The summed E-state index contributed by atoms with van der Waals surface area (Å²) in [7, 11) is 1.70. The molecule has 0 aliphatic carbocycles. The van der Waals surface area contributed by atoms with Crippen molar-refractivity contribution >= 4 is 28.3 Å². The number of hydrogen-bond donors (Lipinski definition) is 1. The summed E-state index contributed by atoms with van der Waals surface area (Å²) in [5, 5.41) is 3.51. The molecule has 1 aliphatic heterocycles. The number of nitrogens with zero attached hydrogens (tertiary/aromatic N) is 1. The number of esters is 1. The Labute approximate surface area is 149 Å². The zero-order chi connectivity index (χ0) is 17.8. The quantitative estimate of drug-likeness (QED) is 0.646. The van der Waals surface area contributed by atoms with E-state index in [-0.39, 0.29) is 12.4 Å². The van der Waals surface area contributed by atoms with Gasteiger partial charge in [0, 0.05) is 19.0 Å². The first kappa shape index (κ1) is 17.2. The van der Waals surface area contributed by atoms with Gasteiger partial charge in [0.05, 0.1) is 18.9 Å². The molecule has 25 heavy (non-hydrogen) atoms. The lowest BCUT2D eigenvalue weighted by Crippen LogP contribution is -2.15. The minimum atomic E-state index is -0.571. The third-order valence-corrected chi connectivity index (χ3v) is 4.65. The molecule has 8 heteroatoms. The molecule has 0 atom stereocenters. The molecule has 0 bridgehead atoms. The number of aromatic nitrogens is 1. The number of Topliss-reactive ketones (excluding diaryl/α,β-unsaturated/α-hetero) is 1. The van der Waals surface area contributed by atoms with Crippen molar-refractivity contribution in [2.45, 2.75) is 13.3 Å². The van der Waals surface area contributed by atoms with E-state index in [2.05, 4.69) is 9.69 Å². The summed E-state index contributed by atoms with van der Waals surface area (Å²) in [5.74, 6) is 0.267. The van der Waals surface area contributed by atoms with Gasteiger partial charge in [-0.15, -0.1) is 0 Å². The normalized spacial score (nSPS) is 13.0. The molecule has 2 heterocycles. The van der Waals surface area contributed by atoms with E-state index in [0.717, 1.165) is 6.42 Å². The van der Waals surface area contributed by atoms with Gasteiger partial charge in [-0.05, 0) is 36.7 Å². The Morgan fingerprint density at radius 3 is 2.80 bits per heavy atom. The molecule has 1 N–H and O–H groups in total. The highest BCUT2D eigenvalue weighted by Crippen LogP contribution is 2.30. The first-order chi connectivity index (χ1) is 12.1. The van der Waals surface area contributed by atoms with Crippen LogP contribution in [0.2, 0.25) is 0 Å². The summed E-state index contributed by atoms with van der Waals surface area (Å²) in [6.07, 6.45) is 0.789. The molecule has 1 aromatic carbocycles. The van der Waals surface area contributed by atoms with E-state index < -0.39 is 5.97 Å². The molecule has 0 unspecified atom stereocenters. The number of aryl methyl sites for hydroxylation is 1. The van der Waals surface area contributed by atoms with Gasteiger partial charge in [-0.2, -0.15) is 4.37 Å². The average molecular weight is 362 g/mol. The molecule has 0 amide bonds. The van der Waals surface area contributed by atoms with Gasteiger partial charge in [-0.25, -0.2) is 4.79 Å². The molecule has 2 aromatic rings. The molecule has 0 fully saturated rings. The fourth-order valence-electron chi connectivity index (χ4n) is 2.40. The van der Waals surface area contributed by atoms with Crippen LogP contribution in [0.5, 0.6) is 11.5 Å². The molecule has 0 saturated carbocycles. The SMILES string of the molecule is CNc1snc(C)c1C(=O)OCC(=O)c1ccc2c(c1)OCCCO2. The highest BCUT2D eigenvalue weighted by molar-refractivity contribution is 7.10. The van der Waals surface area contributed by atoms with Gasteiger partial charge in [-0.1, -0.05) is 0 Å². The van der Waals surface area contributed by atoms with Crippen LogP contribution in [0.25, 0.3) is 0 Å². The molecule has 7 nitrogen and oxygen atoms in total. The summed E-state index contributed by atoms with van der Waals surface area (Å²) in [6, 6.07) is 4.95. The van der Waals surface area contributed by atoms with Crippen LogP contribution >= 0.6 is 11.5 Å². The molecule has 132 valence electrons. The maximum absolute atomic E-state index is 12.3. The summed E-state index contributed by atoms with van der Waals surface area (Å²) in [5.41, 5.74) is 1.34. The van der Waals surface area contributed by atoms with E-state index in [1.165, 1.54) is 11.5 Å². The summed E-state index contributed by atoms with van der Waals surface area (Å²) < 4.78 is 20.4.